The molecule has 0 aliphatic carbocycles. The molecule has 38 heteroatoms. The topological polar surface area (TPSA) is 163 Å². The fourth-order valence-corrected chi connectivity index (χ4v) is 2.99. The van der Waals surface area contributed by atoms with Gasteiger partial charge in [-0.3, -0.25) is 35.9 Å². The number of hydrogen-bond acceptors (Lipinski definition) is 8. The quantitative estimate of drug-likeness (QED) is 0.0898. The third-order valence-electron chi connectivity index (χ3n) is 4.77. The van der Waals surface area contributed by atoms with Crippen molar-refractivity contribution in [3.8, 4) is 0 Å². The van der Waals surface area contributed by atoms with Crippen LogP contribution < -0.4 is 21.3 Å². The fourth-order valence-electron chi connectivity index (χ4n) is 2.99. The van der Waals surface area contributed by atoms with E-state index in [0.29, 0.717) is 24.5 Å². The first-order chi connectivity index (χ1) is 19.4. The van der Waals surface area contributed by atoms with Gasteiger partial charge in [0.25, 0.3) is 0 Å². The van der Waals surface area contributed by atoms with Crippen LogP contribution in [-0.2, 0) is 925 Å². The second-order valence-electron chi connectivity index (χ2n) is 10.7. The zero-order valence-electron chi connectivity index (χ0n) is 43.6. The molecule has 8 N–H and O–H groups in total. The number of carboxylic acid groups (broad SMARTS) is 2. The van der Waals surface area contributed by atoms with E-state index in [-0.39, 0.29) is 973 Å². The molecule has 0 saturated heterocycles. The van der Waals surface area contributed by atoms with E-state index in [9.17, 15) is 9.59 Å². The largest absolute Gasteiger partial charge is 0.486 e. The molecule has 0 aromatic heterocycles. The smallest absolute Gasteiger partial charge is 0.303 e. The molecule has 71 heavy (non-hydrogen) atoms. The first-order valence-corrected chi connectivity index (χ1v) is 14.3. The van der Waals surface area contributed by atoms with Gasteiger partial charge in [-0.15, -0.1) is 18.1 Å². The molecule has 0 spiro atoms. The summed E-state index contributed by atoms with van der Waals surface area (Å²) in [7, 11) is 0. The summed E-state index contributed by atoms with van der Waals surface area (Å²) in [6.07, 6.45) is 11.1. The van der Waals surface area contributed by atoms with Crippen LogP contribution in [0.4, 0.5) is 0 Å². The normalized spacial score (nSPS) is 8.32. The first-order valence-electron chi connectivity index (χ1n) is 14.3. The molecule has 0 aliphatic heterocycles. The van der Waals surface area contributed by atoms with E-state index >= 15 is 0 Å². The monoisotopic (exact) mass is 3100 g/mol. The summed E-state index contributed by atoms with van der Waals surface area (Å²) in [6.45, 7) is 31.6. The van der Waals surface area contributed by atoms with Gasteiger partial charge in [-0.05, 0) is 31.1 Å². The van der Waals surface area contributed by atoms with Gasteiger partial charge in [-0.1, -0.05) is 75.3 Å². The van der Waals surface area contributed by atoms with Crippen LogP contribution in [0.15, 0.2) is 26.3 Å². The molecule has 0 aliphatic rings. The van der Waals surface area contributed by atoms with Crippen molar-refractivity contribution in [3.05, 3.63) is 50.6 Å². The number of aliphatic hydroxyl groups is 2. The van der Waals surface area contributed by atoms with Crippen LogP contribution in [-0.4, -0.2) is 93.4 Å². The van der Waals surface area contributed by atoms with Gasteiger partial charge in [-0.25, -0.2) is 0 Å². The molecule has 10 nitrogen and oxygen atoms in total. The van der Waals surface area contributed by atoms with Crippen LogP contribution in [0.5, 0.6) is 0 Å². The summed E-state index contributed by atoms with van der Waals surface area (Å²) >= 11 is 0. The van der Waals surface area contributed by atoms with Gasteiger partial charge in [0.1, 0.15) is 0 Å². The SMILES string of the molecule is C.C=[C-][C@@H](NC(C)C)[C@@H](C)O.C=[C-][C@H](CC(=O)O)NC(C)C.C=[C-][C@H](CCC(=O)O)NC(C)C.C=[C-][C@H](CO)NC(C)C.[Y].[Y].[Y].[Y].[Y].[Y].[Y].[Y].[Y].[Y].[Y].[Y].[Y].[Y].[Y].[Y].[Y].[Y].[Y].[Y].[Y].[Y].[Y].[Y].[Y].[Y].[Y].[Y]. The standard InChI is InChI=1S/C9H16NO2.C8H14NO2.C8H16NO.C7H14NO.CH4.28Y/c1-4-8(10-7(2)3)5-6-9(11)12;1-4-7(5-8(10)11)9-6(2)3;1-5-8(7(4)10)9-6(2)3;1-4-7(5-9)8-6(2)3;;;;;;;;;;;;;;;;;;;;;;;;;;;;;/h7-8,10H,1,5-6H2,2-3H3,(H,11,12);6-7,9H,1,5H2,2-3H3,(H,10,11);6-10H,1H2,2-4H3;6-9H,1,5H2,2-3H3;1H4;;;;;;;;;;;;;;;;;;;;;;;;;;;;/q4*-1;;;;;;;;;;;;;;;;;;;;;;;;;;;;;/t8-;7-;7-,8-;7-;;;;;;;;;;;;;;;;;;;;;;;;;;;;;/m1111............................./s1. The van der Waals surface area contributed by atoms with Crippen molar-refractivity contribution in [2.45, 2.75) is 143 Å². The number of nitrogens with one attached hydrogen (secondary N) is 4. The summed E-state index contributed by atoms with van der Waals surface area (Å²) in [5.74, 6) is -1.61. The predicted molar refractivity (Wildman–Crippen MR) is 178 cm³/mol. The number of aliphatic carboxylic acids is 2. The van der Waals surface area contributed by atoms with E-state index in [1.807, 2.05) is 55.4 Å². The van der Waals surface area contributed by atoms with Crippen molar-refractivity contribution in [1.29, 1.82) is 0 Å². The summed E-state index contributed by atoms with van der Waals surface area (Å²) in [5.41, 5.74) is 0. The summed E-state index contributed by atoms with van der Waals surface area (Å²) in [6, 6.07) is 0.871. The zero-order chi connectivity index (χ0) is 33.8. The van der Waals surface area contributed by atoms with Gasteiger partial charge < -0.3 is 66.0 Å². The maximum absolute atomic E-state index is 10.2. The molecule has 0 fully saturated rings. The van der Waals surface area contributed by atoms with Crippen molar-refractivity contribution in [2.75, 3.05) is 6.61 Å². The third kappa shape index (κ3) is 201. The molecule has 0 bridgehead atoms. The van der Waals surface area contributed by atoms with Crippen molar-refractivity contribution < 1.29 is 946 Å². The Bertz CT molecular complexity index is 780. The molecule has 0 saturated carbocycles. The average molecular weight is 3100 g/mol. The fraction of sp³-hybridized carbons (Fsp3) is 0.697. The van der Waals surface area contributed by atoms with Gasteiger partial charge in [0, 0.05) is 941 Å². The van der Waals surface area contributed by atoms with E-state index in [2.05, 4.69) is 71.9 Å². The Morgan fingerprint density at radius 2 is 0.620 bits per heavy atom. The zero-order valence-corrected chi connectivity index (χ0v) is 123. The Morgan fingerprint density at radius 3 is 0.746 bits per heavy atom. The molecule has 28 radical (unpaired) electrons. The number of rotatable bonds is 19. The Balaban J connectivity index is -0.00000000772. The van der Waals surface area contributed by atoms with Gasteiger partial charge in [0.2, 0.25) is 0 Å². The van der Waals surface area contributed by atoms with Gasteiger partial charge >= 0.3 is 11.9 Å². The van der Waals surface area contributed by atoms with E-state index in [1.165, 1.54) is 0 Å². The van der Waals surface area contributed by atoms with E-state index in [0.717, 1.165) is 0 Å². The molecule has 0 rings (SSSR count). The number of aliphatic hydroxyl groups excluding tert-OH is 2. The first kappa shape index (κ1) is 218. The Hall–Kier alpha value is 28.6. The maximum atomic E-state index is 10.2. The minimum absolute atomic E-state index is 0. The molecular weight excluding hydrogens is 3040 g/mol. The summed E-state index contributed by atoms with van der Waals surface area (Å²) in [5, 5.41) is 46.9. The van der Waals surface area contributed by atoms with Crippen LogP contribution in [0.25, 0.3) is 0 Å². The van der Waals surface area contributed by atoms with Crippen molar-refractivity contribution >= 4 is 11.9 Å². The van der Waals surface area contributed by atoms with Crippen LogP contribution in [0.1, 0.15) is 89.0 Å². The second-order valence-corrected chi connectivity index (χ2v) is 10.7. The van der Waals surface area contributed by atoms with Crippen molar-refractivity contribution in [3.63, 3.8) is 0 Å². The second kappa shape index (κ2) is 173. The van der Waals surface area contributed by atoms with Gasteiger partial charge in [0.05, 0.1) is 0 Å². The van der Waals surface area contributed by atoms with Crippen molar-refractivity contribution in [1.82, 2.24) is 21.3 Å². The average Bonchev–Trinajstić information content (AvgIpc) is 2.87. The molecule has 0 heterocycles. The van der Waals surface area contributed by atoms with Crippen LogP contribution in [0, 0.1) is 24.3 Å². The Labute approximate surface area is 1140 Å². The molecule has 0 aromatic carbocycles. The van der Waals surface area contributed by atoms with Crippen LogP contribution in [0.2, 0.25) is 0 Å². The Kier molecular flexibility index (Phi) is 533. The molecule has 0 aromatic rings. The molecule has 340 valence electrons. The number of carbonyl (C=O) groups is 2. The molecule has 5 atom stereocenters. The van der Waals surface area contributed by atoms with E-state index < -0.39 is 18.0 Å². The summed E-state index contributed by atoms with van der Waals surface area (Å²) in [4.78, 5) is 20.5. The molecule has 0 unspecified atom stereocenters. The van der Waals surface area contributed by atoms with Gasteiger partial charge in [0.15, 0.2) is 0 Å². The van der Waals surface area contributed by atoms with E-state index in [4.69, 9.17) is 20.4 Å². The number of carboxylic acids is 2. The molecular formula is C33H64N4O6Y28-4. The van der Waals surface area contributed by atoms with Gasteiger partial charge in [-0.2, -0.15) is 0 Å². The minimum atomic E-state index is -0.834. The summed E-state index contributed by atoms with van der Waals surface area (Å²) < 4.78 is 0. The van der Waals surface area contributed by atoms with Crippen LogP contribution in [0.3, 0.4) is 0 Å². The van der Waals surface area contributed by atoms with Crippen molar-refractivity contribution in [2.24, 2.45) is 0 Å². The Morgan fingerprint density at radius 1 is 0.394 bits per heavy atom. The predicted octanol–water partition coefficient (Wildman–Crippen LogP) is 3.65. The number of hydrogen-bond donors (Lipinski definition) is 8. The van der Waals surface area contributed by atoms with Crippen LogP contribution >= 0.6 is 0 Å². The minimum Gasteiger partial charge on any atom is -0.486 e. The third-order valence-corrected chi connectivity index (χ3v) is 4.77. The maximum Gasteiger partial charge on any atom is 0.303 e. The van der Waals surface area contributed by atoms with E-state index in [1.54, 1.807) is 6.92 Å². The molecule has 0 amide bonds.